The molecule has 0 saturated heterocycles. The Labute approximate surface area is 182 Å². The Balaban J connectivity index is 1.81. The van der Waals surface area contributed by atoms with Crippen LogP contribution in [0.5, 0.6) is 0 Å². The third-order valence-electron chi connectivity index (χ3n) is 4.35. The molecule has 0 aliphatic carbocycles. The Bertz CT molecular complexity index is 1120. The second-order valence-corrected chi connectivity index (χ2v) is 9.89. The highest BCUT2D eigenvalue weighted by Crippen LogP contribution is 2.42. The van der Waals surface area contributed by atoms with Crippen LogP contribution in [0.25, 0.3) is 0 Å². The maximum atomic E-state index is 13.9. The van der Waals surface area contributed by atoms with Gasteiger partial charge in [0.1, 0.15) is 5.82 Å². The van der Waals surface area contributed by atoms with Crippen LogP contribution in [0.2, 0.25) is 4.34 Å². The first-order chi connectivity index (χ1) is 13.9. The van der Waals surface area contributed by atoms with Gasteiger partial charge in [-0.05, 0) is 54.4 Å². The summed E-state index contributed by atoms with van der Waals surface area (Å²) in [4.78, 5) is 19.9. The number of rotatable bonds is 4. The number of amides is 1. The van der Waals surface area contributed by atoms with Gasteiger partial charge in [0.05, 0.1) is 20.6 Å². The molecule has 2 aromatic carbocycles. The average Bonchev–Trinajstić information content (AvgIpc) is 3.04. The van der Waals surface area contributed by atoms with Crippen molar-refractivity contribution < 1.29 is 9.18 Å². The van der Waals surface area contributed by atoms with Gasteiger partial charge in [-0.25, -0.2) is 9.38 Å². The number of aliphatic imine (C=N–C) groups is 1. The molecule has 1 N–H and O–H groups in total. The largest absolute Gasteiger partial charge is 0.352 e. The molecule has 0 spiro atoms. The topological polar surface area (TPSA) is 41.5 Å². The number of carbonyl (C=O) groups excluding carboxylic acids is 1. The third-order valence-corrected chi connectivity index (χ3v) is 6.71. The number of halogens is 2. The highest BCUT2D eigenvalue weighted by atomic mass is 35.5. The fourth-order valence-electron chi connectivity index (χ4n) is 2.94. The van der Waals surface area contributed by atoms with E-state index in [1.54, 1.807) is 18.2 Å². The van der Waals surface area contributed by atoms with Crippen LogP contribution in [0.3, 0.4) is 0 Å². The van der Waals surface area contributed by atoms with Gasteiger partial charge in [0.2, 0.25) is 0 Å². The van der Waals surface area contributed by atoms with Crippen molar-refractivity contribution in [3.8, 4) is 0 Å². The fourth-order valence-corrected chi connectivity index (χ4v) is 5.01. The third kappa shape index (κ3) is 4.39. The molecular weight excluding hydrogens is 427 g/mol. The van der Waals surface area contributed by atoms with Crippen molar-refractivity contribution in [3.63, 3.8) is 0 Å². The van der Waals surface area contributed by atoms with Gasteiger partial charge >= 0.3 is 0 Å². The van der Waals surface area contributed by atoms with Crippen molar-refractivity contribution in [2.24, 2.45) is 10.9 Å². The fraction of sp³-hybridized carbons (Fsp3) is 0.182. The normalized spacial score (nSPS) is 12.8. The number of nitrogens with zero attached hydrogens (tertiary/aromatic N) is 1. The van der Waals surface area contributed by atoms with E-state index in [9.17, 15) is 9.18 Å². The standard InChI is InChI=1S/C22H18ClFN2OS2/c1-12(2)11-25-22(27)13-3-6-17-16(9-13)26-21(18-7-8-20(23)29-18)15-5-4-14(24)10-19(15)28-17/h3-10,12H,11H2,1-2H3,(H,25,27). The number of fused-ring (bicyclic) bond motifs is 2. The van der Waals surface area contributed by atoms with Crippen molar-refractivity contribution in [2.75, 3.05) is 6.54 Å². The molecular formula is C22H18ClFN2OS2. The molecule has 0 bridgehead atoms. The zero-order chi connectivity index (χ0) is 20.5. The molecule has 2 heterocycles. The van der Waals surface area contributed by atoms with Gasteiger partial charge in [0, 0.05) is 27.5 Å². The molecule has 1 amide bonds. The second-order valence-electron chi connectivity index (χ2n) is 7.09. The predicted octanol–water partition coefficient (Wildman–Crippen LogP) is 6.56. The van der Waals surface area contributed by atoms with E-state index in [0.717, 1.165) is 25.9 Å². The molecule has 0 fully saturated rings. The van der Waals surface area contributed by atoms with Crippen LogP contribution < -0.4 is 5.32 Å². The number of hydrogen-bond acceptors (Lipinski definition) is 4. The lowest BCUT2D eigenvalue weighted by atomic mass is 10.1. The van der Waals surface area contributed by atoms with Crippen LogP contribution in [-0.2, 0) is 0 Å². The zero-order valence-electron chi connectivity index (χ0n) is 15.8. The van der Waals surface area contributed by atoms with Crippen molar-refractivity contribution >= 4 is 52.0 Å². The van der Waals surface area contributed by atoms with Crippen molar-refractivity contribution in [1.82, 2.24) is 5.32 Å². The number of benzene rings is 2. The van der Waals surface area contributed by atoms with Crippen molar-refractivity contribution in [2.45, 2.75) is 23.6 Å². The molecule has 1 aliphatic rings. The lowest BCUT2D eigenvalue weighted by Gasteiger charge is -2.09. The summed E-state index contributed by atoms with van der Waals surface area (Å²) in [7, 11) is 0. The van der Waals surface area contributed by atoms with Gasteiger partial charge in [-0.2, -0.15) is 0 Å². The minimum absolute atomic E-state index is 0.129. The van der Waals surface area contributed by atoms with Crippen LogP contribution in [0, 0.1) is 11.7 Å². The predicted molar refractivity (Wildman–Crippen MR) is 119 cm³/mol. The average molecular weight is 445 g/mol. The maximum Gasteiger partial charge on any atom is 0.251 e. The van der Waals surface area contributed by atoms with Gasteiger partial charge in [0.15, 0.2) is 0 Å². The van der Waals surface area contributed by atoms with E-state index in [4.69, 9.17) is 16.6 Å². The first-order valence-corrected chi connectivity index (χ1v) is 11.2. The van der Waals surface area contributed by atoms with E-state index in [0.29, 0.717) is 28.0 Å². The smallest absolute Gasteiger partial charge is 0.251 e. The quantitative estimate of drug-likeness (QED) is 0.387. The Hall–Kier alpha value is -2.15. The number of thiophene rings is 1. The van der Waals surface area contributed by atoms with E-state index in [1.807, 2.05) is 32.0 Å². The molecule has 3 nitrogen and oxygen atoms in total. The monoisotopic (exact) mass is 444 g/mol. The Morgan fingerprint density at radius 2 is 1.97 bits per heavy atom. The molecule has 148 valence electrons. The van der Waals surface area contributed by atoms with E-state index in [-0.39, 0.29) is 11.7 Å². The number of hydrogen-bond donors (Lipinski definition) is 1. The second kappa shape index (κ2) is 8.30. The van der Waals surface area contributed by atoms with Crippen molar-refractivity contribution in [3.05, 3.63) is 74.7 Å². The molecule has 3 aromatic rings. The Morgan fingerprint density at radius 3 is 2.69 bits per heavy atom. The van der Waals surface area contributed by atoms with E-state index < -0.39 is 0 Å². The highest BCUT2D eigenvalue weighted by molar-refractivity contribution is 7.99. The van der Waals surface area contributed by atoms with Gasteiger partial charge in [0.25, 0.3) is 5.91 Å². The zero-order valence-corrected chi connectivity index (χ0v) is 18.2. The lowest BCUT2D eigenvalue weighted by molar-refractivity contribution is 0.0949. The molecule has 1 aromatic heterocycles. The van der Waals surface area contributed by atoms with Gasteiger partial charge in [-0.1, -0.05) is 37.2 Å². The highest BCUT2D eigenvalue weighted by Gasteiger charge is 2.21. The van der Waals surface area contributed by atoms with E-state index in [2.05, 4.69) is 5.32 Å². The molecule has 0 saturated carbocycles. The SMILES string of the molecule is CC(C)CNC(=O)c1ccc2c(c1)N=C(c1ccc(Cl)s1)c1ccc(F)cc1S2. The number of carbonyl (C=O) groups is 1. The summed E-state index contributed by atoms with van der Waals surface area (Å²) in [6.45, 7) is 4.71. The van der Waals surface area contributed by atoms with E-state index >= 15 is 0 Å². The van der Waals surface area contributed by atoms with Gasteiger partial charge in [-0.3, -0.25) is 4.79 Å². The molecule has 0 atom stereocenters. The Morgan fingerprint density at radius 1 is 1.14 bits per heavy atom. The molecule has 4 rings (SSSR count). The maximum absolute atomic E-state index is 13.9. The summed E-state index contributed by atoms with van der Waals surface area (Å²) in [5.74, 6) is -0.0592. The summed E-state index contributed by atoms with van der Waals surface area (Å²) in [6.07, 6.45) is 0. The molecule has 1 aliphatic heterocycles. The van der Waals surface area contributed by atoms with Crippen LogP contribution in [0.15, 0.2) is 63.3 Å². The molecule has 7 heteroatoms. The summed E-state index contributed by atoms with van der Waals surface area (Å²) >= 11 is 9.01. The first-order valence-electron chi connectivity index (χ1n) is 9.15. The minimum Gasteiger partial charge on any atom is -0.352 e. The lowest BCUT2D eigenvalue weighted by Crippen LogP contribution is -2.27. The first kappa shape index (κ1) is 20.1. The van der Waals surface area contributed by atoms with Crippen LogP contribution in [0.4, 0.5) is 10.1 Å². The molecule has 0 radical (unpaired) electrons. The van der Waals surface area contributed by atoms with Crippen LogP contribution in [-0.4, -0.2) is 18.2 Å². The van der Waals surface area contributed by atoms with Crippen LogP contribution in [0.1, 0.15) is 34.6 Å². The minimum atomic E-state index is -0.298. The Kier molecular flexibility index (Phi) is 5.76. The molecule has 29 heavy (non-hydrogen) atoms. The van der Waals surface area contributed by atoms with Crippen molar-refractivity contribution in [1.29, 1.82) is 0 Å². The van der Waals surface area contributed by atoms with E-state index in [1.165, 1.54) is 35.2 Å². The summed E-state index contributed by atoms with van der Waals surface area (Å²) in [5, 5.41) is 2.93. The summed E-state index contributed by atoms with van der Waals surface area (Å²) in [5.41, 5.74) is 2.80. The van der Waals surface area contributed by atoms with Gasteiger partial charge in [-0.15, -0.1) is 11.3 Å². The van der Waals surface area contributed by atoms with Crippen LogP contribution >= 0.6 is 34.7 Å². The number of nitrogens with one attached hydrogen (secondary N) is 1. The van der Waals surface area contributed by atoms with Gasteiger partial charge < -0.3 is 5.32 Å². The summed E-state index contributed by atoms with van der Waals surface area (Å²) in [6, 6.07) is 13.9. The molecule has 0 unspecified atom stereocenters. The summed E-state index contributed by atoms with van der Waals surface area (Å²) < 4.78 is 14.6.